The van der Waals surface area contributed by atoms with Crippen LogP contribution in [0, 0.1) is 13.8 Å². The number of rotatable bonds is 2. The smallest absolute Gasteiger partial charge is 0.131 e. The molecule has 1 N–H and O–H groups in total. The van der Waals surface area contributed by atoms with E-state index in [2.05, 4.69) is 43.0 Å². The van der Waals surface area contributed by atoms with Gasteiger partial charge in [0.05, 0.1) is 0 Å². The fraction of sp³-hybridized carbons (Fsp3) is 0.714. The first-order valence-corrected chi connectivity index (χ1v) is 6.65. The van der Waals surface area contributed by atoms with Gasteiger partial charge < -0.3 is 5.32 Å². The number of aryl methyl sites for hydroxylation is 2. The van der Waals surface area contributed by atoms with Crippen LogP contribution in [0.25, 0.3) is 0 Å². The van der Waals surface area contributed by atoms with Crippen molar-refractivity contribution in [1.82, 2.24) is 15.3 Å². The fourth-order valence-corrected chi connectivity index (χ4v) is 2.71. The first-order chi connectivity index (χ1) is 8.09. The van der Waals surface area contributed by atoms with Gasteiger partial charge in [0.2, 0.25) is 0 Å². The van der Waals surface area contributed by atoms with Crippen molar-refractivity contribution in [3.8, 4) is 0 Å². The molecule has 1 aromatic rings. The van der Waals surface area contributed by atoms with Crippen molar-refractivity contribution < 1.29 is 0 Å². The summed E-state index contributed by atoms with van der Waals surface area (Å²) < 4.78 is 0. The number of piperidine rings is 1. The maximum atomic E-state index is 4.68. The van der Waals surface area contributed by atoms with Gasteiger partial charge in [-0.1, -0.05) is 13.8 Å². The maximum absolute atomic E-state index is 4.68. The van der Waals surface area contributed by atoms with Gasteiger partial charge in [-0.15, -0.1) is 0 Å². The SMILES string of the molecule is Cc1nc(C(C)C)nc(C)c1C1CCNCC1. The standard InChI is InChI=1S/C14H23N3/c1-9(2)14-16-10(3)13(11(4)17-14)12-5-7-15-8-6-12/h9,12,15H,5-8H2,1-4H3. The average Bonchev–Trinajstić information content (AvgIpc) is 2.29. The van der Waals surface area contributed by atoms with Crippen molar-refractivity contribution in [3.05, 3.63) is 22.8 Å². The Morgan fingerprint density at radius 3 is 2.06 bits per heavy atom. The van der Waals surface area contributed by atoms with Gasteiger partial charge >= 0.3 is 0 Å². The topological polar surface area (TPSA) is 37.8 Å². The van der Waals surface area contributed by atoms with E-state index in [1.165, 1.54) is 29.8 Å². The van der Waals surface area contributed by atoms with Crippen molar-refractivity contribution in [3.63, 3.8) is 0 Å². The van der Waals surface area contributed by atoms with Gasteiger partial charge in [-0.25, -0.2) is 9.97 Å². The molecule has 1 saturated heterocycles. The van der Waals surface area contributed by atoms with E-state index in [1.807, 2.05) is 0 Å². The van der Waals surface area contributed by atoms with Gasteiger partial charge in [0.1, 0.15) is 5.82 Å². The van der Waals surface area contributed by atoms with Gasteiger partial charge in [-0.05, 0) is 51.3 Å². The van der Waals surface area contributed by atoms with E-state index in [0.29, 0.717) is 11.8 Å². The van der Waals surface area contributed by atoms with Crippen molar-refractivity contribution >= 4 is 0 Å². The largest absolute Gasteiger partial charge is 0.317 e. The number of hydrogen-bond donors (Lipinski definition) is 1. The minimum absolute atomic E-state index is 0.412. The molecule has 17 heavy (non-hydrogen) atoms. The number of nitrogens with one attached hydrogen (secondary N) is 1. The summed E-state index contributed by atoms with van der Waals surface area (Å²) in [7, 11) is 0. The molecule has 0 bridgehead atoms. The first kappa shape index (κ1) is 12.5. The summed E-state index contributed by atoms with van der Waals surface area (Å²) >= 11 is 0. The van der Waals surface area contributed by atoms with Crippen LogP contribution < -0.4 is 5.32 Å². The molecule has 3 nitrogen and oxygen atoms in total. The molecule has 0 radical (unpaired) electrons. The summed E-state index contributed by atoms with van der Waals surface area (Å²) in [4.78, 5) is 9.35. The van der Waals surface area contributed by atoms with Gasteiger partial charge in [-0.2, -0.15) is 0 Å². The molecule has 2 rings (SSSR count). The minimum Gasteiger partial charge on any atom is -0.317 e. The van der Waals surface area contributed by atoms with Crippen LogP contribution in [0.15, 0.2) is 0 Å². The number of nitrogens with zero attached hydrogens (tertiary/aromatic N) is 2. The molecule has 94 valence electrons. The lowest BCUT2D eigenvalue weighted by atomic mass is 9.88. The van der Waals surface area contributed by atoms with Crippen LogP contribution in [0.4, 0.5) is 0 Å². The molecule has 0 unspecified atom stereocenters. The minimum atomic E-state index is 0.412. The van der Waals surface area contributed by atoms with Crippen LogP contribution in [0.2, 0.25) is 0 Å². The molecular formula is C14H23N3. The first-order valence-electron chi connectivity index (χ1n) is 6.65. The lowest BCUT2D eigenvalue weighted by Gasteiger charge is -2.25. The summed E-state index contributed by atoms with van der Waals surface area (Å²) in [5.41, 5.74) is 3.78. The van der Waals surface area contributed by atoms with Gasteiger partial charge in [0.25, 0.3) is 0 Å². The highest BCUT2D eigenvalue weighted by molar-refractivity contribution is 5.29. The highest BCUT2D eigenvalue weighted by Gasteiger charge is 2.21. The summed E-state index contributed by atoms with van der Waals surface area (Å²) in [5, 5.41) is 3.41. The highest BCUT2D eigenvalue weighted by atomic mass is 14.9. The predicted octanol–water partition coefficient (Wildman–Crippen LogP) is 2.68. The van der Waals surface area contributed by atoms with E-state index >= 15 is 0 Å². The summed E-state index contributed by atoms with van der Waals surface area (Å²) in [6.07, 6.45) is 2.43. The molecule has 0 spiro atoms. The predicted molar refractivity (Wildman–Crippen MR) is 70.4 cm³/mol. The van der Waals surface area contributed by atoms with Crippen molar-refractivity contribution in [2.75, 3.05) is 13.1 Å². The van der Waals surface area contributed by atoms with E-state index in [1.54, 1.807) is 0 Å². The Hall–Kier alpha value is -0.960. The Bertz CT molecular complexity index is 369. The normalized spacial score (nSPS) is 17.7. The second-order valence-corrected chi connectivity index (χ2v) is 5.35. The Morgan fingerprint density at radius 2 is 1.59 bits per heavy atom. The van der Waals surface area contributed by atoms with E-state index < -0.39 is 0 Å². The van der Waals surface area contributed by atoms with Crippen LogP contribution in [0.5, 0.6) is 0 Å². The molecule has 1 aliphatic heterocycles. The Balaban J connectivity index is 2.33. The van der Waals surface area contributed by atoms with E-state index in [0.717, 1.165) is 18.9 Å². The Morgan fingerprint density at radius 1 is 1.06 bits per heavy atom. The second kappa shape index (κ2) is 5.13. The zero-order valence-corrected chi connectivity index (χ0v) is 11.4. The van der Waals surface area contributed by atoms with Crippen LogP contribution >= 0.6 is 0 Å². The Labute approximate surface area is 104 Å². The summed E-state index contributed by atoms with van der Waals surface area (Å²) in [6.45, 7) is 10.8. The Kier molecular flexibility index (Phi) is 3.77. The van der Waals surface area contributed by atoms with Crippen molar-refractivity contribution in [2.24, 2.45) is 0 Å². The van der Waals surface area contributed by atoms with Crippen LogP contribution in [0.1, 0.15) is 61.3 Å². The second-order valence-electron chi connectivity index (χ2n) is 5.35. The molecule has 0 amide bonds. The zero-order chi connectivity index (χ0) is 12.4. The highest BCUT2D eigenvalue weighted by Crippen LogP contribution is 2.29. The maximum Gasteiger partial charge on any atom is 0.131 e. The quantitative estimate of drug-likeness (QED) is 0.853. The molecule has 0 aliphatic carbocycles. The van der Waals surface area contributed by atoms with Gasteiger partial charge in [0.15, 0.2) is 0 Å². The van der Waals surface area contributed by atoms with E-state index in [4.69, 9.17) is 0 Å². The molecule has 3 heteroatoms. The molecule has 2 heterocycles. The van der Waals surface area contributed by atoms with Gasteiger partial charge in [-0.3, -0.25) is 0 Å². The van der Waals surface area contributed by atoms with Crippen molar-refractivity contribution in [2.45, 2.75) is 52.4 Å². The summed E-state index contributed by atoms with van der Waals surface area (Å²) in [6, 6.07) is 0. The lowest BCUT2D eigenvalue weighted by Crippen LogP contribution is -2.27. The van der Waals surface area contributed by atoms with Crippen molar-refractivity contribution in [1.29, 1.82) is 0 Å². The van der Waals surface area contributed by atoms with Crippen LogP contribution in [-0.2, 0) is 0 Å². The third-order valence-electron chi connectivity index (χ3n) is 3.61. The van der Waals surface area contributed by atoms with E-state index in [9.17, 15) is 0 Å². The molecular weight excluding hydrogens is 210 g/mol. The monoisotopic (exact) mass is 233 g/mol. The number of hydrogen-bond acceptors (Lipinski definition) is 3. The van der Waals surface area contributed by atoms with E-state index in [-0.39, 0.29) is 0 Å². The number of aromatic nitrogens is 2. The molecule has 0 saturated carbocycles. The molecule has 1 aromatic heterocycles. The zero-order valence-electron chi connectivity index (χ0n) is 11.4. The molecule has 1 fully saturated rings. The fourth-order valence-electron chi connectivity index (χ4n) is 2.71. The molecule has 1 aliphatic rings. The third-order valence-corrected chi connectivity index (χ3v) is 3.61. The third kappa shape index (κ3) is 2.65. The molecule has 0 atom stereocenters. The van der Waals surface area contributed by atoms with Crippen LogP contribution in [-0.4, -0.2) is 23.1 Å². The van der Waals surface area contributed by atoms with Crippen LogP contribution in [0.3, 0.4) is 0 Å². The molecule has 0 aromatic carbocycles. The average molecular weight is 233 g/mol. The lowest BCUT2D eigenvalue weighted by molar-refractivity contribution is 0.454. The van der Waals surface area contributed by atoms with Gasteiger partial charge in [0, 0.05) is 17.3 Å². The summed E-state index contributed by atoms with van der Waals surface area (Å²) in [5.74, 6) is 2.05.